The van der Waals surface area contributed by atoms with Gasteiger partial charge in [-0.2, -0.15) is 0 Å². The van der Waals surface area contributed by atoms with Gasteiger partial charge in [-0.15, -0.1) is 0 Å². The number of hydrogen-bond donors (Lipinski definition) is 0. The van der Waals surface area contributed by atoms with Crippen LogP contribution in [0.1, 0.15) is 59.8 Å². The number of allylic oxidation sites excluding steroid dienone is 3. The van der Waals surface area contributed by atoms with Crippen LogP contribution in [0.4, 0.5) is 0 Å². The van der Waals surface area contributed by atoms with Crippen LogP contribution in [0, 0.1) is 5.41 Å². The summed E-state index contributed by atoms with van der Waals surface area (Å²) < 4.78 is 7.06. The van der Waals surface area contributed by atoms with Crippen LogP contribution in [0.15, 0.2) is 85.0 Å². The molecule has 3 rings (SSSR count). The Bertz CT molecular complexity index is 808. The molecule has 1 aliphatic rings. The Morgan fingerprint density at radius 2 is 1.57 bits per heavy atom. The molecule has 0 aliphatic heterocycles. The van der Waals surface area contributed by atoms with Gasteiger partial charge in [0.05, 0.1) is 0 Å². The molecule has 0 bridgehead atoms. The first-order valence-corrected chi connectivity index (χ1v) is 13.3. The molecule has 0 amide bonds. The summed E-state index contributed by atoms with van der Waals surface area (Å²) in [7, 11) is -2.42. The van der Waals surface area contributed by atoms with E-state index >= 15 is 0 Å². The van der Waals surface area contributed by atoms with Gasteiger partial charge in [-0.05, 0) is 58.5 Å². The van der Waals surface area contributed by atoms with E-state index in [4.69, 9.17) is 4.43 Å². The van der Waals surface area contributed by atoms with Gasteiger partial charge in [-0.25, -0.2) is 0 Å². The summed E-state index contributed by atoms with van der Waals surface area (Å²) in [6.45, 7) is 14.3. The number of hydrogen-bond acceptors (Lipinski definition) is 1. The monoisotopic (exact) mass is 418 g/mol. The molecule has 0 saturated carbocycles. The van der Waals surface area contributed by atoms with Crippen LogP contribution in [0.2, 0.25) is 5.04 Å². The maximum atomic E-state index is 7.06. The second-order valence-electron chi connectivity index (χ2n) is 9.93. The zero-order valence-corrected chi connectivity index (χ0v) is 20.3. The average molecular weight is 419 g/mol. The second kappa shape index (κ2) is 9.49. The molecule has 30 heavy (non-hydrogen) atoms. The Kier molecular flexibility index (Phi) is 7.20. The van der Waals surface area contributed by atoms with E-state index < -0.39 is 8.32 Å². The van der Waals surface area contributed by atoms with Gasteiger partial charge < -0.3 is 4.43 Å². The Labute approximate surface area is 185 Å². The van der Waals surface area contributed by atoms with Gasteiger partial charge in [0, 0.05) is 6.61 Å². The first-order chi connectivity index (χ1) is 14.3. The molecule has 0 unspecified atom stereocenters. The molecule has 160 valence electrons. The molecular weight excluding hydrogens is 380 g/mol. The summed E-state index contributed by atoms with van der Waals surface area (Å²) in [6.07, 6.45) is 10.4. The van der Waals surface area contributed by atoms with Crippen molar-refractivity contribution in [2.75, 3.05) is 6.61 Å². The van der Waals surface area contributed by atoms with E-state index in [2.05, 4.69) is 107 Å². The lowest BCUT2D eigenvalue weighted by molar-refractivity contribution is 0.244. The normalized spacial score (nSPS) is 19.9. The molecule has 0 radical (unpaired) electrons. The Morgan fingerprint density at radius 3 is 2.07 bits per heavy atom. The highest BCUT2D eigenvalue weighted by Gasteiger charge is 2.50. The Hall–Kier alpha value is -1.90. The van der Waals surface area contributed by atoms with Crippen molar-refractivity contribution in [2.24, 2.45) is 5.41 Å². The van der Waals surface area contributed by atoms with E-state index in [1.165, 1.54) is 35.2 Å². The van der Waals surface area contributed by atoms with Crippen molar-refractivity contribution in [2.45, 2.75) is 64.8 Å². The van der Waals surface area contributed by atoms with Crippen LogP contribution < -0.4 is 10.4 Å². The Balaban J connectivity index is 1.86. The van der Waals surface area contributed by atoms with Crippen LogP contribution >= 0.6 is 0 Å². The minimum absolute atomic E-state index is 0.0383. The first-order valence-electron chi connectivity index (χ1n) is 11.4. The fourth-order valence-electron chi connectivity index (χ4n) is 5.19. The maximum Gasteiger partial charge on any atom is 0.261 e. The van der Waals surface area contributed by atoms with E-state index in [1.807, 2.05) is 0 Å². The fraction of sp³-hybridized carbons (Fsp3) is 0.429. The van der Waals surface area contributed by atoms with Crippen LogP contribution in [-0.2, 0) is 4.43 Å². The van der Waals surface area contributed by atoms with Crippen molar-refractivity contribution < 1.29 is 4.43 Å². The third kappa shape index (κ3) is 4.55. The highest BCUT2D eigenvalue weighted by Crippen LogP contribution is 2.42. The average Bonchev–Trinajstić information content (AvgIpc) is 2.74. The van der Waals surface area contributed by atoms with E-state index in [9.17, 15) is 0 Å². The maximum absolute atomic E-state index is 7.06. The first kappa shape index (κ1) is 22.8. The Morgan fingerprint density at radius 1 is 1.00 bits per heavy atom. The largest absolute Gasteiger partial charge is 0.407 e. The summed E-state index contributed by atoms with van der Waals surface area (Å²) in [5.41, 5.74) is 1.67. The van der Waals surface area contributed by atoms with Crippen molar-refractivity contribution in [3.8, 4) is 0 Å². The van der Waals surface area contributed by atoms with Crippen molar-refractivity contribution >= 4 is 18.7 Å². The van der Waals surface area contributed by atoms with Crippen molar-refractivity contribution in [3.63, 3.8) is 0 Å². The summed E-state index contributed by atoms with van der Waals surface area (Å²) >= 11 is 0. The summed E-state index contributed by atoms with van der Waals surface area (Å²) in [5.74, 6) is 0. The molecule has 1 aliphatic carbocycles. The predicted octanol–water partition coefficient (Wildman–Crippen LogP) is 6.65. The van der Waals surface area contributed by atoms with E-state index in [0.29, 0.717) is 0 Å². The third-order valence-electron chi connectivity index (χ3n) is 6.82. The van der Waals surface area contributed by atoms with E-state index in [-0.39, 0.29) is 10.5 Å². The molecule has 0 aromatic heterocycles. The van der Waals surface area contributed by atoms with E-state index in [1.54, 1.807) is 0 Å². The van der Waals surface area contributed by atoms with Gasteiger partial charge in [0.1, 0.15) is 0 Å². The lowest BCUT2D eigenvalue weighted by Gasteiger charge is -2.43. The molecule has 0 heterocycles. The quantitative estimate of drug-likeness (QED) is 0.345. The van der Waals surface area contributed by atoms with Gasteiger partial charge in [0.15, 0.2) is 0 Å². The standard InChI is InChI=1S/C28H38OSi/c1-6-24-16-13-14-21-28(24,5)22-15-23-29-30(27(2,3)4,25-17-9-7-10-18-25)26-19-11-8-12-20-26/h6-12,16-20H,1,13-15,21-23H2,2-5H3/t28-/m0/s1. The molecule has 2 heteroatoms. The second-order valence-corrected chi connectivity index (χ2v) is 14.2. The molecular formula is C28H38OSi. The van der Waals surface area contributed by atoms with Crippen LogP contribution in [0.5, 0.6) is 0 Å². The summed E-state index contributed by atoms with van der Waals surface area (Å²) in [4.78, 5) is 0. The van der Waals surface area contributed by atoms with Crippen molar-refractivity contribution in [1.29, 1.82) is 0 Å². The van der Waals surface area contributed by atoms with Crippen molar-refractivity contribution in [3.05, 3.63) is 85.0 Å². The third-order valence-corrected chi connectivity index (χ3v) is 11.9. The fourth-order valence-corrected chi connectivity index (χ4v) is 9.79. The molecule has 0 N–H and O–H groups in total. The molecule has 0 spiro atoms. The predicted molar refractivity (Wildman–Crippen MR) is 133 cm³/mol. The number of rotatable bonds is 8. The minimum Gasteiger partial charge on any atom is -0.407 e. The van der Waals surface area contributed by atoms with Gasteiger partial charge in [-0.1, -0.05) is 107 Å². The molecule has 2 aromatic rings. The lowest BCUT2D eigenvalue weighted by Crippen LogP contribution is -2.66. The SMILES string of the molecule is C=CC1=CCCC[C@@]1(C)CCCO[Si](c1ccccc1)(c1ccccc1)C(C)(C)C. The van der Waals surface area contributed by atoms with Gasteiger partial charge in [-0.3, -0.25) is 0 Å². The van der Waals surface area contributed by atoms with Gasteiger partial charge in [0.25, 0.3) is 8.32 Å². The molecule has 1 atom stereocenters. The van der Waals surface area contributed by atoms with Gasteiger partial charge in [0.2, 0.25) is 0 Å². The van der Waals surface area contributed by atoms with Crippen LogP contribution in [0.25, 0.3) is 0 Å². The van der Waals surface area contributed by atoms with Gasteiger partial charge >= 0.3 is 0 Å². The smallest absolute Gasteiger partial charge is 0.261 e. The van der Waals surface area contributed by atoms with Crippen LogP contribution in [-0.4, -0.2) is 14.9 Å². The highest BCUT2D eigenvalue weighted by atomic mass is 28.4. The summed E-state index contributed by atoms with van der Waals surface area (Å²) in [6, 6.07) is 21.9. The summed E-state index contributed by atoms with van der Waals surface area (Å²) in [5, 5.41) is 2.76. The molecule has 0 fully saturated rings. The zero-order chi connectivity index (χ0) is 21.7. The molecule has 2 aromatic carbocycles. The van der Waals surface area contributed by atoms with Crippen LogP contribution in [0.3, 0.4) is 0 Å². The minimum atomic E-state index is -2.42. The molecule has 1 nitrogen and oxygen atoms in total. The topological polar surface area (TPSA) is 9.23 Å². The van der Waals surface area contributed by atoms with E-state index in [0.717, 1.165) is 19.4 Å². The lowest BCUT2D eigenvalue weighted by atomic mass is 9.71. The molecule has 0 saturated heterocycles. The van der Waals surface area contributed by atoms with Crippen molar-refractivity contribution in [1.82, 2.24) is 0 Å². The number of benzene rings is 2. The zero-order valence-electron chi connectivity index (χ0n) is 19.3. The highest BCUT2D eigenvalue weighted by molar-refractivity contribution is 6.99.